The molecule has 0 spiro atoms. The van der Waals surface area contributed by atoms with Gasteiger partial charge in [-0.15, -0.1) is 11.3 Å². The molecule has 16 heavy (non-hydrogen) atoms. The lowest BCUT2D eigenvalue weighted by atomic mass is 10.00. The van der Waals surface area contributed by atoms with E-state index in [1.165, 1.54) is 4.88 Å². The molecule has 0 aromatic carbocycles. The molecule has 0 bridgehead atoms. The number of hydrogen-bond acceptors (Lipinski definition) is 3. The van der Waals surface area contributed by atoms with Gasteiger partial charge in [-0.3, -0.25) is 0 Å². The van der Waals surface area contributed by atoms with Gasteiger partial charge in [-0.2, -0.15) is 0 Å². The Labute approximate surface area is 106 Å². The summed E-state index contributed by atoms with van der Waals surface area (Å²) in [4.78, 5) is 1.26. The normalized spacial score (nSPS) is 25.5. The van der Waals surface area contributed by atoms with E-state index in [9.17, 15) is 0 Å². The molecule has 2 heterocycles. The average molecular weight is 260 g/mol. The van der Waals surface area contributed by atoms with Crippen LogP contribution >= 0.6 is 22.9 Å². The summed E-state index contributed by atoms with van der Waals surface area (Å²) in [7, 11) is 0. The van der Waals surface area contributed by atoms with Crippen LogP contribution in [0.4, 0.5) is 0 Å². The Kier molecular flexibility index (Phi) is 4.25. The number of hydrogen-bond donors (Lipinski definition) is 1. The van der Waals surface area contributed by atoms with E-state index in [2.05, 4.69) is 19.2 Å². The molecule has 90 valence electrons. The Morgan fingerprint density at radius 2 is 2.44 bits per heavy atom. The molecular formula is C12H18ClNOS. The van der Waals surface area contributed by atoms with E-state index in [0.29, 0.717) is 12.0 Å². The fourth-order valence-electron chi connectivity index (χ4n) is 2.02. The van der Waals surface area contributed by atoms with Crippen LogP contribution in [0.25, 0.3) is 0 Å². The fourth-order valence-corrected chi connectivity index (χ4v) is 3.24. The lowest BCUT2D eigenvalue weighted by Gasteiger charge is -2.19. The van der Waals surface area contributed by atoms with Gasteiger partial charge in [0.15, 0.2) is 0 Å². The summed E-state index contributed by atoms with van der Waals surface area (Å²) in [6.07, 6.45) is 1.38. The molecule has 2 atom stereocenters. The standard InChI is InChI=1S/C12H18ClNOS/c1-8(2)14-6-9-3-4-15-12(9)11-5-10(13)7-16-11/h5,7-9,12,14H,3-4,6H2,1-2H3. The summed E-state index contributed by atoms with van der Waals surface area (Å²) in [5.41, 5.74) is 0. The van der Waals surface area contributed by atoms with Crippen LogP contribution in [0.5, 0.6) is 0 Å². The van der Waals surface area contributed by atoms with E-state index >= 15 is 0 Å². The summed E-state index contributed by atoms with van der Waals surface area (Å²) in [6, 6.07) is 2.57. The topological polar surface area (TPSA) is 21.3 Å². The minimum Gasteiger partial charge on any atom is -0.372 e. The molecule has 1 fully saturated rings. The second-order valence-electron chi connectivity index (χ2n) is 4.57. The van der Waals surface area contributed by atoms with E-state index in [0.717, 1.165) is 24.6 Å². The van der Waals surface area contributed by atoms with E-state index in [1.54, 1.807) is 11.3 Å². The predicted molar refractivity (Wildman–Crippen MR) is 69.3 cm³/mol. The smallest absolute Gasteiger partial charge is 0.0958 e. The molecular weight excluding hydrogens is 242 g/mol. The highest BCUT2D eigenvalue weighted by molar-refractivity contribution is 7.10. The van der Waals surface area contributed by atoms with Crippen LogP contribution in [0.3, 0.4) is 0 Å². The van der Waals surface area contributed by atoms with Gasteiger partial charge in [0.2, 0.25) is 0 Å². The molecule has 0 radical (unpaired) electrons. The minimum absolute atomic E-state index is 0.240. The summed E-state index contributed by atoms with van der Waals surface area (Å²) < 4.78 is 5.81. The van der Waals surface area contributed by atoms with Crippen molar-refractivity contribution >= 4 is 22.9 Å². The molecule has 1 N–H and O–H groups in total. The largest absolute Gasteiger partial charge is 0.372 e. The fraction of sp³-hybridized carbons (Fsp3) is 0.667. The van der Waals surface area contributed by atoms with Crippen molar-refractivity contribution in [3.05, 3.63) is 21.3 Å². The van der Waals surface area contributed by atoms with Gasteiger partial charge >= 0.3 is 0 Å². The van der Waals surface area contributed by atoms with Crippen LogP contribution in [-0.2, 0) is 4.74 Å². The first-order valence-electron chi connectivity index (χ1n) is 5.75. The molecule has 0 amide bonds. The first-order valence-corrected chi connectivity index (χ1v) is 7.01. The summed E-state index contributed by atoms with van der Waals surface area (Å²) >= 11 is 7.65. The molecule has 1 saturated heterocycles. The zero-order chi connectivity index (χ0) is 11.5. The second kappa shape index (κ2) is 5.50. The van der Waals surface area contributed by atoms with E-state index in [-0.39, 0.29) is 6.10 Å². The zero-order valence-corrected chi connectivity index (χ0v) is 11.3. The Morgan fingerprint density at radius 1 is 1.62 bits per heavy atom. The molecule has 0 saturated carbocycles. The molecule has 2 nitrogen and oxygen atoms in total. The van der Waals surface area contributed by atoms with Crippen molar-refractivity contribution in [3.8, 4) is 0 Å². The average Bonchev–Trinajstić information content (AvgIpc) is 2.82. The summed E-state index contributed by atoms with van der Waals surface area (Å²) in [6.45, 7) is 6.24. The Morgan fingerprint density at radius 3 is 3.06 bits per heavy atom. The van der Waals surface area contributed by atoms with Crippen molar-refractivity contribution in [2.75, 3.05) is 13.2 Å². The highest BCUT2D eigenvalue weighted by Gasteiger charge is 2.30. The van der Waals surface area contributed by atoms with Crippen LogP contribution < -0.4 is 5.32 Å². The number of halogens is 1. The van der Waals surface area contributed by atoms with Crippen molar-refractivity contribution in [1.82, 2.24) is 5.32 Å². The number of rotatable bonds is 4. The first kappa shape index (κ1) is 12.4. The van der Waals surface area contributed by atoms with Crippen molar-refractivity contribution in [3.63, 3.8) is 0 Å². The number of thiophene rings is 1. The lowest BCUT2D eigenvalue weighted by Crippen LogP contribution is -2.30. The van der Waals surface area contributed by atoms with Gasteiger partial charge in [-0.05, 0) is 12.5 Å². The molecule has 1 aromatic heterocycles. The van der Waals surface area contributed by atoms with Gasteiger partial charge in [-0.1, -0.05) is 25.4 Å². The predicted octanol–water partition coefficient (Wildman–Crippen LogP) is 3.48. The van der Waals surface area contributed by atoms with Crippen LogP contribution in [0, 0.1) is 5.92 Å². The third-order valence-corrected chi connectivity index (χ3v) is 4.21. The molecule has 2 rings (SSSR count). The third-order valence-electron chi connectivity index (χ3n) is 2.87. The van der Waals surface area contributed by atoms with Gasteiger partial charge in [0.05, 0.1) is 11.1 Å². The van der Waals surface area contributed by atoms with E-state index in [4.69, 9.17) is 16.3 Å². The summed E-state index contributed by atoms with van der Waals surface area (Å²) in [5, 5.41) is 6.29. The molecule has 4 heteroatoms. The third kappa shape index (κ3) is 2.98. The summed E-state index contributed by atoms with van der Waals surface area (Å²) in [5.74, 6) is 0.581. The van der Waals surface area contributed by atoms with Crippen molar-refractivity contribution in [2.24, 2.45) is 5.92 Å². The molecule has 1 aliphatic heterocycles. The highest BCUT2D eigenvalue weighted by atomic mass is 35.5. The maximum atomic E-state index is 5.95. The monoisotopic (exact) mass is 259 g/mol. The van der Waals surface area contributed by atoms with Crippen molar-refractivity contribution < 1.29 is 4.74 Å². The molecule has 0 aliphatic carbocycles. The SMILES string of the molecule is CC(C)NCC1CCOC1c1cc(Cl)cs1. The molecule has 2 unspecified atom stereocenters. The Balaban J connectivity index is 1.98. The van der Waals surface area contributed by atoms with Crippen LogP contribution in [-0.4, -0.2) is 19.2 Å². The van der Waals surface area contributed by atoms with Gasteiger partial charge in [0.25, 0.3) is 0 Å². The van der Waals surface area contributed by atoms with Crippen molar-refractivity contribution in [1.29, 1.82) is 0 Å². The number of nitrogens with one attached hydrogen (secondary N) is 1. The highest BCUT2D eigenvalue weighted by Crippen LogP contribution is 2.38. The van der Waals surface area contributed by atoms with Crippen LogP contribution in [0.15, 0.2) is 11.4 Å². The molecule has 1 aromatic rings. The van der Waals surface area contributed by atoms with Gasteiger partial charge in [0, 0.05) is 35.4 Å². The van der Waals surface area contributed by atoms with Gasteiger partial charge in [-0.25, -0.2) is 0 Å². The van der Waals surface area contributed by atoms with Gasteiger partial charge in [0.1, 0.15) is 0 Å². The Hall–Kier alpha value is -0.0900. The van der Waals surface area contributed by atoms with Crippen molar-refractivity contribution in [2.45, 2.75) is 32.4 Å². The Bertz CT molecular complexity index is 340. The maximum Gasteiger partial charge on any atom is 0.0958 e. The molecule has 1 aliphatic rings. The maximum absolute atomic E-state index is 5.95. The second-order valence-corrected chi connectivity index (χ2v) is 5.95. The van der Waals surface area contributed by atoms with E-state index < -0.39 is 0 Å². The minimum atomic E-state index is 0.240. The first-order chi connectivity index (χ1) is 7.66. The lowest BCUT2D eigenvalue weighted by molar-refractivity contribution is 0.0929. The van der Waals surface area contributed by atoms with E-state index in [1.807, 2.05) is 11.4 Å². The number of ether oxygens (including phenoxy) is 1. The van der Waals surface area contributed by atoms with Crippen LogP contribution in [0.2, 0.25) is 5.02 Å². The quantitative estimate of drug-likeness (QED) is 0.894. The van der Waals surface area contributed by atoms with Crippen LogP contribution in [0.1, 0.15) is 31.2 Å². The zero-order valence-electron chi connectivity index (χ0n) is 9.70. The van der Waals surface area contributed by atoms with Gasteiger partial charge < -0.3 is 10.1 Å².